The fourth-order valence-corrected chi connectivity index (χ4v) is 4.76. The van der Waals surface area contributed by atoms with Gasteiger partial charge in [-0.25, -0.2) is 4.57 Å². The highest BCUT2D eigenvalue weighted by molar-refractivity contribution is 5.99. The highest BCUT2D eigenvalue weighted by Gasteiger charge is 2.25. The first kappa shape index (κ1) is 22.4. The van der Waals surface area contributed by atoms with E-state index in [-0.39, 0.29) is 56.4 Å². The lowest BCUT2D eigenvalue weighted by molar-refractivity contribution is 0.0844. The average molecular weight is 502 g/mol. The number of rotatable bonds is 4. The first-order valence-corrected chi connectivity index (χ1v) is 11.0. The van der Waals surface area contributed by atoms with Gasteiger partial charge in [-0.05, 0) is 31.2 Å². The number of ether oxygens (including phenoxy) is 1. The van der Waals surface area contributed by atoms with Crippen LogP contribution in [0.3, 0.4) is 0 Å². The van der Waals surface area contributed by atoms with E-state index in [9.17, 15) is 38.4 Å². The Morgan fingerprint density at radius 3 is 1.14 bits per heavy atom. The van der Waals surface area contributed by atoms with Crippen molar-refractivity contribution in [2.75, 3.05) is 6.61 Å². The van der Waals surface area contributed by atoms with Crippen LogP contribution in [0.2, 0.25) is 0 Å². The highest BCUT2D eigenvalue weighted by Crippen LogP contribution is 2.16. The lowest BCUT2D eigenvalue weighted by Gasteiger charge is -1.98. The maximum atomic E-state index is 13.2. The van der Waals surface area contributed by atoms with Gasteiger partial charge in [0.2, 0.25) is 0 Å². The lowest BCUT2D eigenvalue weighted by atomic mass is 10.1. The van der Waals surface area contributed by atoms with Gasteiger partial charge in [0.05, 0.1) is 43.1 Å². The van der Waals surface area contributed by atoms with Crippen LogP contribution in [-0.2, 0) is 18.5 Å². The maximum Gasteiger partial charge on any atom is 0.281 e. The van der Waals surface area contributed by atoms with Gasteiger partial charge in [-0.1, -0.05) is 0 Å². The van der Waals surface area contributed by atoms with Crippen molar-refractivity contribution < 1.29 is 4.74 Å². The van der Waals surface area contributed by atoms with E-state index in [0.29, 0.717) is 9.35 Å². The minimum Gasteiger partial charge on any atom is -0.361 e. The molecular formula is C24H14N4O9. The van der Waals surface area contributed by atoms with Gasteiger partial charge in [-0.3, -0.25) is 42.9 Å². The second-order valence-corrected chi connectivity index (χ2v) is 8.56. The van der Waals surface area contributed by atoms with E-state index in [1.54, 1.807) is 6.92 Å². The molecule has 184 valence electrons. The van der Waals surface area contributed by atoms with E-state index in [4.69, 9.17) is 4.74 Å². The van der Waals surface area contributed by atoms with Crippen LogP contribution < -0.4 is 44.5 Å². The predicted molar refractivity (Wildman–Crippen MR) is 133 cm³/mol. The molecule has 0 fully saturated rings. The normalized spacial score (nSPS) is 12.2. The molecule has 0 amide bonds. The SMILES string of the molecule is CCOCn1c(=O)c2cc3c(=O)n(-n4c(=O)c5cc6c(=O)n(C)c(=O)c6cc5c4=O)c(=O)c3cc2c1=O. The molecule has 0 aliphatic rings. The number of fused-ring (bicyclic) bond motifs is 4. The molecule has 0 aliphatic carbocycles. The molecule has 0 unspecified atom stereocenters. The van der Waals surface area contributed by atoms with Crippen LogP contribution in [-0.4, -0.2) is 25.1 Å². The van der Waals surface area contributed by atoms with Gasteiger partial charge >= 0.3 is 0 Å². The highest BCUT2D eigenvalue weighted by atomic mass is 16.5. The summed E-state index contributed by atoms with van der Waals surface area (Å²) in [4.78, 5) is 103. The molecule has 4 heterocycles. The third-order valence-corrected chi connectivity index (χ3v) is 6.65. The summed E-state index contributed by atoms with van der Waals surface area (Å²) < 4.78 is 7.47. The molecule has 4 aromatic heterocycles. The Morgan fingerprint density at radius 2 is 0.811 bits per heavy atom. The number of aromatic nitrogens is 4. The fraction of sp³-hybridized carbons (Fsp3) is 0.167. The molecule has 0 saturated carbocycles. The second-order valence-electron chi connectivity index (χ2n) is 8.56. The van der Waals surface area contributed by atoms with E-state index >= 15 is 0 Å². The summed E-state index contributed by atoms with van der Waals surface area (Å²) in [5, 5.41) is -1.45. The molecule has 2 aromatic carbocycles. The standard InChI is InChI=1S/C24H14N4O9/c1-3-37-8-26-19(31)11-6-15-16(7-12(11)20(26)32)24(36)28(23(15)35)27-21(33)13-4-9-10(5-14(13)22(27)34)18(30)25(2)17(9)29/h4-7H,3,8H2,1-2H3. The molecule has 13 nitrogen and oxygen atoms in total. The van der Waals surface area contributed by atoms with E-state index in [2.05, 4.69) is 0 Å². The Bertz CT molecular complexity index is 2260. The summed E-state index contributed by atoms with van der Waals surface area (Å²) in [7, 11) is 1.26. The topological polar surface area (TPSA) is 166 Å². The summed E-state index contributed by atoms with van der Waals surface area (Å²) in [5.41, 5.74) is -6.97. The molecule has 0 saturated heterocycles. The molecule has 0 spiro atoms. The zero-order chi connectivity index (χ0) is 26.5. The van der Waals surface area contributed by atoms with Crippen LogP contribution in [0.1, 0.15) is 6.92 Å². The van der Waals surface area contributed by atoms with Gasteiger partial charge in [0, 0.05) is 13.7 Å². The smallest absolute Gasteiger partial charge is 0.281 e. The minimum absolute atomic E-state index is 0.0818. The molecule has 0 aliphatic heterocycles. The Kier molecular flexibility index (Phi) is 4.39. The Morgan fingerprint density at radius 1 is 0.514 bits per heavy atom. The number of hydrogen-bond donors (Lipinski definition) is 0. The molecule has 0 atom stereocenters. The van der Waals surface area contributed by atoms with E-state index in [0.717, 1.165) is 33.4 Å². The van der Waals surface area contributed by atoms with Gasteiger partial charge in [0.15, 0.2) is 0 Å². The van der Waals surface area contributed by atoms with Crippen LogP contribution in [0.5, 0.6) is 0 Å². The first-order chi connectivity index (χ1) is 17.6. The maximum absolute atomic E-state index is 13.2. The number of nitrogens with zero attached hydrogens (tertiary/aromatic N) is 4. The Balaban J connectivity index is 1.69. The van der Waals surface area contributed by atoms with Crippen molar-refractivity contribution in [1.29, 1.82) is 0 Å². The number of benzene rings is 2. The van der Waals surface area contributed by atoms with Crippen molar-refractivity contribution >= 4 is 43.1 Å². The monoisotopic (exact) mass is 502 g/mol. The summed E-state index contributed by atoms with van der Waals surface area (Å²) in [6.07, 6.45) is 0. The van der Waals surface area contributed by atoms with Gasteiger partial charge in [0.1, 0.15) is 6.73 Å². The van der Waals surface area contributed by atoms with Crippen LogP contribution >= 0.6 is 0 Å². The van der Waals surface area contributed by atoms with Crippen molar-refractivity contribution in [3.63, 3.8) is 0 Å². The summed E-state index contributed by atoms with van der Waals surface area (Å²) in [6.45, 7) is 1.62. The van der Waals surface area contributed by atoms with Crippen LogP contribution in [0.4, 0.5) is 0 Å². The number of hydrogen-bond acceptors (Lipinski definition) is 9. The van der Waals surface area contributed by atoms with Crippen molar-refractivity contribution in [3.8, 4) is 0 Å². The summed E-state index contributed by atoms with van der Waals surface area (Å²) in [5.74, 6) is 0. The average Bonchev–Trinajstić information content (AvgIpc) is 3.45. The zero-order valence-electron chi connectivity index (χ0n) is 19.2. The van der Waals surface area contributed by atoms with Crippen molar-refractivity contribution in [3.05, 3.63) is 107 Å². The van der Waals surface area contributed by atoms with Crippen LogP contribution in [0.15, 0.2) is 62.6 Å². The van der Waals surface area contributed by atoms with Gasteiger partial charge in [0.25, 0.3) is 44.5 Å². The quantitative estimate of drug-likeness (QED) is 0.264. The summed E-state index contributed by atoms with van der Waals surface area (Å²) in [6, 6.07) is 4.34. The Labute approximate surface area is 201 Å². The molecule has 0 N–H and O–H groups in total. The van der Waals surface area contributed by atoms with E-state index < -0.39 is 44.5 Å². The largest absolute Gasteiger partial charge is 0.361 e. The van der Waals surface area contributed by atoms with Crippen LogP contribution in [0.25, 0.3) is 43.1 Å². The fourth-order valence-electron chi connectivity index (χ4n) is 4.76. The molecule has 13 heteroatoms. The molecular weight excluding hydrogens is 488 g/mol. The van der Waals surface area contributed by atoms with Crippen molar-refractivity contribution in [2.45, 2.75) is 13.7 Å². The van der Waals surface area contributed by atoms with E-state index in [1.165, 1.54) is 7.05 Å². The lowest BCUT2D eigenvalue weighted by Crippen LogP contribution is -2.42. The predicted octanol–water partition coefficient (Wildman–Crippen LogP) is -2.02. The van der Waals surface area contributed by atoms with Crippen LogP contribution in [0, 0.1) is 0 Å². The Hall–Kier alpha value is -5.04. The minimum atomic E-state index is -1.06. The summed E-state index contributed by atoms with van der Waals surface area (Å²) >= 11 is 0. The third kappa shape index (κ3) is 2.65. The molecule has 6 rings (SSSR count). The van der Waals surface area contributed by atoms with Gasteiger partial charge < -0.3 is 4.74 Å². The second kappa shape index (κ2) is 7.24. The first-order valence-electron chi connectivity index (χ1n) is 11.0. The zero-order valence-corrected chi connectivity index (χ0v) is 19.2. The van der Waals surface area contributed by atoms with Crippen molar-refractivity contribution in [2.24, 2.45) is 7.05 Å². The molecule has 0 radical (unpaired) electrons. The van der Waals surface area contributed by atoms with Crippen molar-refractivity contribution in [1.82, 2.24) is 18.5 Å². The molecule has 37 heavy (non-hydrogen) atoms. The molecule has 6 aromatic rings. The van der Waals surface area contributed by atoms with Gasteiger partial charge in [-0.15, -0.1) is 0 Å². The third-order valence-electron chi connectivity index (χ3n) is 6.65. The van der Waals surface area contributed by atoms with E-state index in [1.807, 2.05) is 0 Å². The van der Waals surface area contributed by atoms with Gasteiger partial charge in [-0.2, -0.15) is 9.35 Å². The molecule has 0 bridgehead atoms.